The maximum Gasteiger partial charge on any atom is 0.265 e. The maximum atomic E-state index is 14.3. The molecule has 3 aromatic carbocycles. The van der Waals surface area contributed by atoms with E-state index in [1.807, 2.05) is 18.2 Å². The van der Waals surface area contributed by atoms with Crippen molar-refractivity contribution >= 4 is 23.2 Å². The van der Waals surface area contributed by atoms with E-state index in [-0.39, 0.29) is 12.5 Å². The Morgan fingerprint density at radius 3 is 2.29 bits per heavy atom. The number of fused-ring (bicyclic) bond motifs is 1. The highest BCUT2D eigenvalue weighted by Crippen LogP contribution is 2.38. The van der Waals surface area contributed by atoms with Gasteiger partial charge in [-0.15, -0.1) is 0 Å². The molecule has 1 aliphatic rings. The van der Waals surface area contributed by atoms with Crippen molar-refractivity contribution in [3.05, 3.63) is 89.5 Å². The highest BCUT2D eigenvalue weighted by molar-refractivity contribution is 6.17. The van der Waals surface area contributed by atoms with E-state index >= 15 is 0 Å². The highest BCUT2D eigenvalue weighted by atomic mass is 19.1. The van der Waals surface area contributed by atoms with Crippen molar-refractivity contribution in [2.24, 2.45) is 0 Å². The fourth-order valence-electron chi connectivity index (χ4n) is 3.78. The number of hydrogen-bond acceptors (Lipinski definition) is 3. The SMILES string of the molecule is COc1cccc(CN2C(=O)C(C)N(C(=O)c3c(F)cccc3F)c3ccccc32)c1. The quantitative estimate of drug-likeness (QED) is 0.620. The van der Waals surface area contributed by atoms with Gasteiger partial charge in [0, 0.05) is 0 Å². The third kappa shape index (κ3) is 3.63. The van der Waals surface area contributed by atoms with Crippen LogP contribution < -0.4 is 14.5 Å². The molecule has 0 fully saturated rings. The average Bonchev–Trinajstić information content (AvgIpc) is 2.77. The van der Waals surface area contributed by atoms with Crippen molar-refractivity contribution in [3.63, 3.8) is 0 Å². The summed E-state index contributed by atoms with van der Waals surface area (Å²) in [6, 6.07) is 16.4. The predicted octanol–water partition coefficient (Wildman–Crippen LogP) is 4.56. The first-order chi connectivity index (χ1) is 14.9. The van der Waals surface area contributed by atoms with E-state index in [9.17, 15) is 18.4 Å². The summed E-state index contributed by atoms with van der Waals surface area (Å²) in [4.78, 5) is 29.2. The standard InChI is InChI=1S/C24H20F2N2O3/c1-15-23(29)27(14-16-7-5-8-17(13-16)31-2)20-11-3-4-12-21(20)28(15)24(30)22-18(25)9-6-10-19(22)26/h3-13,15H,14H2,1-2H3. The topological polar surface area (TPSA) is 49.9 Å². The van der Waals surface area contributed by atoms with Crippen LogP contribution in [0.3, 0.4) is 0 Å². The Morgan fingerprint density at radius 1 is 0.968 bits per heavy atom. The number of ether oxygens (including phenoxy) is 1. The number of methoxy groups -OCH3 is 1. The number of carbonyl (C=O) groups excluding carboxylic acids is 2. The van der Waals surface area contributed by atoms with Gasteiger partial charge in [-0.1, -0.05) is 30.3 Å². The lowest BCUT2D eigenvalue weighted by Gasteiger charge is -2.40. The maximum absolute atomic E-state index is 14.3. The van der Waals surface area contributed by atoms with Crippen LogP contribution >= 0.6 is 0 Å². The minimum atomic E-state index is -0.971. The molecule has 0 aliphatic carbocycles. The lowest BCUT2D eigenvalue weighted by molar-refractivity contribution is -0.119. The van der Waals surface area contributed by atoms with Crippen molar-refractivity contribution in [2.75, 3.05) is 16.9 Å². The Morgan fingerprint density at radius 2 is 1.61 bits per heavy atom. The van der Waals surface area contributed by atoms with E-state index in [2.05, 4.69) is 0 Å². The summed E-state index contributed by atoms with van der Waals surface area (Å²) in [6.07, 6.45) is 0. The number of amides is 2. The molecule has 0 saturated carbocycles. The number of para-hydroxylation sites is 2. The molecule has 1 atom stereocenters. The van der Waals surface area contributed by atoms with Gasteiger partial charge < -0.3 is 9.64 Å². The monoisotopic (exact) mass is 422 g/mol. The van der Waals surface area contributed by atoms with Crippen molar-refractivity contribution in [1.29, 1.82) is 0 Å². The largest absolute Gasteiger partial charge is 0.497 e. The van der Waals surface area contributed by atoms with Crippen molar-refractivity contribution in [1.82, 2.24) is 0 Å². The number of halogens is 2. The molecule has 0 saturated heterocycles. The zero-order valence-electron chi connectivity index (χ0n) is 17.0. The van der Waals surface area contributed by atoms with E-state index in [1.165, 1.54) is 6.07 Å². The van der Waals surface area contributed by atoms with Crippen LogP contribution in [0.1, 0.15) is 22.8 Å². The molecular weight excluding hydrogens is 402 g/mol. The van der Waals surface area contributed by atoms with Crippen LogP contribution in [0.2, 0.25) is 0 Å². The fraction of sp³-hybridized carbons (Fsp3) is 0.167. The van der Waals surface area contributed by atoms with Gasteiger partial charge in [-0.05, 0) is 48.9 Å². The van der Waals surface area contributed by atoms with Gasteiger partial charge in [0.05, 0.1) is 25.0 Å². The zero-order chi connectivity index (χ0) is 22.1. The van der Waals surface area contributed by atoms with Crippen LogP contribution in [0.5, 0.6) is 5.75 Å². The van der Waals surface area contributed by atoms with E-state index in [0.717, 1.165) is 22.6 Å². The Balaban J connectivity index is 1.77. The smallest absolute Gasteiger partial charge is 0.265 e. The lowest BCUT2D eigenvalue weighted by atomic mass is 10.0. The van der Waals surface area contributed by atoms with Gasteiger partial charge in [0.1, 0.15) is 29.0 Å². The molecule has 0 spiro atoms. The molecule has 1 heterocycles. The van der Waals surface area contributed by atoms with Gasteiger partial charge in [0.25, 0.3) is 5.91 Å². The van der Waals surface area contributed by atoms with E-state index in [0.29, 0.717) is 17.1 Å². The third-order valence-corrected chi connectivity index (χ3v) is 5.31. The summed E-state index contributed by atoms with van der Waals surface area (Å²) in [6.45, 7) is 1.81. The molecule has 1 unspecified atom stereocenters. The summed E-state index contributed by atoms with van der Waals surface area (Å²) >= 11 is 0. The molecule has 31 heavy (non-hydrogen) atoms. The molecule has 7 heteroatoms. The summed E-state index contributed by atoms with van der Waals surface area (Å²) in [5, 5.41) is 0. The van der Waals surface area contributed by atoms with E-state index in [4.69, 9.17) is 4.74 Å². The minimum Gasteiger partial charge on any atom is -0.497 e. The van der Waals surface area contributed by atoms with Gasteiger partial charge in [0.15, 0.2) is 0 Å². The summed E-state index contributed by atoms with van der Waals surface area (Å²) < 4.78 is 33.8. The molecule has 5 nitrogen and oxygen atoms in total. The van der Waals surface area contributed by atoms with E-state index < -0.39 is 29.1 Å². The molecule has 0 aromatic heterocycles. The molecule has 0 N–H and O–H groups in total. The second-order valence-electron chi connectivity index (χ2n) is 7.21. The molecular formula is C24H20F2N2O3. The number of carbonyl (C=O) groups is 2. The molecule has 1 aliphatic heterocycles. The Labute approximate surface area is 178 Å². The van der Waals surface area contributed by atoms with Gasteiger partial charge in [0.2, 0.25) is 5.91 Å². The molecule has 158 valence electrons. The third-order valence-electron chi connectivity index (χ3n) is 5.31. The van der Waals surface area contributed by atoms with Crippen LogP contribution in [0, 0.1) is 11.6 Å². The Kier molecular flexibility index (Phi) is 5.42. The molecule has 0 bridgehead atoms. The minimum absolute atomic E-state index is 0.257. The number of anilines is 2. The lowest BCUT2D eigenvalue weighted by Crippen LogP contribution is -2.54. The van der Waals surface area contributed by atoms with Gasteiger partial charge in [-0.3, -0.25) is 14.5 Å². The predicted molar refractivity (Wildman–Crippen MR) is 113 cm³/mol. The zero-order valence-corrected chi connectivity index (χ0v) is 17.0. The van der Waals surface area contributed by atoms with Crippen LogP contribution in [0.4, 0.5) is 20.2 Å². The number of rotatable bonds is 4. The van der Waals surface area contributed by atoms with Crippen molar-refractivity contribution in [2.45, 2.75) is 19.5 Å². The second kappa shape index (κ2) is 8.18. The Bertz CT molecular complexity index is 1140. The first kappa shape index (κ1) is 20.5. The van der Waals surface area contributed by atoms with Crippen LogP contribution in [0.25, 0.3) is 0 Å². The number of nitrogens with zero attached hydrogens (tertiary/aromatic N) is 2. The van der Waals surface area contributed by atoms with Crippen LogP contribution in [-0.2, 0) is 11.3 Å². The highest BCUT2D eigenvalue weighted by Gasteiger charge is 2.40. The second-order valence-corrected chi connectivity index (χ2v) is 7.21. The van der Waals surface area contributed by atoms with Gasteiger partial charge in [-0.25, -0.2) is 8.78 Å². The first-order valence-electron chi connectivity index (χ1n) is 9.73. The van der Waals surface area contributed by atoms with Crippen molar-refractivity contribution < 1.29 is 23.1 Å². The number of hydrogen-bond donors (Lipinski definition) is 0. The van der Waals surface area contributed by atoms with Gasteiger partial charge >= 0.3 is 0 Å². The first-order valence-corrected chi connectivity index (χ1v) is 9.73. The van der Waals surface area contributed by atoms with Crippen LogP contribution in [-0.4, -0.2) is 25.0 Å². The molecule has 0 radical (unpaired) electrons. The molecule has 3 aromatic rings. The number of benzene rings is 3. The average molecular weight is 422 g/mol. The fourth-order valence-corrected chi connectivity index (χ4v) is 3.78. The summed E-state index contributed by atoms with van der Waals surface area (Å²) in [5.74, 6) is -2.53. The summed E-state index contributed by atoms with van der Waals surface area (Å²) in [5.41, 5.74) is 1.05. The molecule has 4 rings (SSSR count). The van der Waals surface area contributed by atoms with Crippen LogP contribution in [0.15, 0.2) is 66.7 Å². The van der Waals surface area contributed by atoms with E-state index in [1.54, 1.807) is 49.3 Å². The summed E-state index contributed by atoms with van der Waals surface area (Å²) in [7, 11) is 1.56. The Hall–Kier alpha value is -3.74. The normalized spacial score (nSPS) is 15.6. The molecule has 2 amide bonds. The van der Waals surface area contributed by atoms with Crippen molar-refractivity contribution in [3.8, 4) is 5.75 Å². The van der Waals surface area contributed by atoms with Gasteiger partial charge in [-0.2, -0.15) is 0 Å².